The van der Waals surface area contributed by atoms with Crippen molar-refractivity contribution in [2.45, 2.75) is 51.7 Å². The molecule has 2 aliphatic rings. The van der Waals surface area contributed by atoms with Crippen molar-refractivity contribution < 1.29 is 0 Å². The molecule has 1 aliphatic carbocycles. The van der Waals surface area contributed by atoms with Crippen LogP contribution in [-0.4, -0.2) is 40.3 Å². The van der Waals surface area contributed by atoms with E-state index < -0.39 is 0 Å². The molecule has 4 unspecified atom stereocenters. The van der Waals surface area contributed by atoms with Crippen LogP contribution >= 0.6 is 0 Å². The summed E-state index contributed by atoms with van der Waals surface area (Å²) in [6.45, 7) is 7.98. The Bertz CT molecular complexity index is 680. The minimum atomic E-state index is 0.481. The summed E-state index contributed by atoms with van der Waals surface area (Å²) in [5.74, 6) is 1.69. The van der Waals surface area contributed by atoms with Gasteiger partial charge in [0.1, 0.15) is 0 Å². The van der Waals surface area contributed by atoms with Gasteiger partial charge in [0.25, 0.3) is 0 Å². The summed E-state index contributed by atoms with van der Waals surface area (Å²) in [6.07, 6.45) is 3.71. The van der Waals surface area contributed by atoms with Gasteiger partial charge in [0.15, 0.2) is 0 Å². The van der Waals surface area contributed by atoms with Gasteiger partial charge in [0, 0.05) is 43.8 Å². The summed E-state index contributed by atoms with van der Waals surface area (Å²) in [5, 5.41) is 11.3. The molecule has 2 fully saturated rings. The van der Waals surface area contributed by atoms with Crippen molar-refractivity contribution in [2.75, 3.05) is 13.1 Å². The highest BCUT2D eigenvalue weighted by Gasteiger charge is 2.42. The average Bonchev–Trinajstić information content (AvgIpc) is 3.27. The third kappa shape index (κ3) is 3.96. The van der Waals surface area contributed by atoms with Gasteiger partial charge >= 0.3 is 0 Å². The Balaban J connectivity index is 1.30. The van der Waals surface area contributed by atoms with Gasteiger partial charge in [-0.15, -0.1) is 0 Å². The van der Waals surface area contributed by atoms with Gasteiger partial charge in [-0.05, 0) is 50.2 Å². The van der Waals surface area contributed by atoms with E-state index in [2.05, 4.69) is 70.7 Å². The second-order valence-electron chi connectivity index (χ2n) is 8.10. The molecule has 1 saturated heterocycles. The normalized spacial score (nSPS) is 27.5. The molecule has 25 heavy (non-hydrogen) atoms. The molecule has 1 aromatic carbocycles. The molecule has 4 heteroatoms. The fourth-order valence-corrected chi connectivity index (χ4v) is 4.85. The molecule has 134 valence electrons. The van der Waals surface area contributed by atoms with Crippen LogP contribution in [0, 0.1) is 18.8 Å². The van der Waals surface area contributed by atoms with Gasteiger partial charge in [-0.3, -0.25) is 10.00 Å². The van der Waals surface area contributed by atoms with Crippen LogP contribution in [0.1, 0.15) is 36.7 Å². The Hall–Kier alpha value is -1.65. The number of benzene rings is 1. The van der Waals surface area contributed by atoms with Crippen molar-refractivity contribution in [2.24, 2.45) is 11.8 Å². The molecule has 0 radical (unpaired) electrons. The van der Waals surface area contributed by atoms with Crippen LogP contribution in [0.4, 0.5) is 0 Å². The van der Waals surface area contributed by atoms with Crippen molar-refractivity contribution >= 4 is 0 Å². The molecule has 1 saturated carbocycles. The molecular formula is C21H30N4. The first kappa shape index (κ1) is 16.8. The van der Waals surface area contributed by atoms with Crippen molar-refractivity contribution in [3.63, 3.8) is 0 Å². The molecular weight excluding hydrogens is 308 g/mol. The van der Waals surface area contributed by atoms with Gasteiger partial charge in [0.2, 0.25) is 0 Å². The lowest BCUT2D eigenvalue weighted by atomic mass is 9.97. The lowest BCUT2D eigenvalue weighted by molar-refractivity contribution is 0.282. The average molecular weight is 338 g/mol. The lowest BCUT2D eigenvalue weighted by Gasteiger charge is -2.25. The molecule has 4 atom stereocenters. The first-order valence-electron chi connectivity index (χ1n) is 9.70. The van der Waals surface area contributed by atoms with Crippen LogP contribution in [0.15, 0.2) is 36.4 Å². The minimum absolute atomic E-state index is 0.481. The van der Waals surface area contributed by atoms with Crippen LogP contribution in [0.25, 0.3) is 0 Å². The van der Waals surface area contributed by atoms with E-state index in [4.69, 9.17) is 0 Å². The highest BCUT2D eigenvalue weighted by atomic mass is 15.2. The second kappa shape index (κ2) is 7.30. The van der Waals surface area contributed by atoms with E-state index in [0.717, 1.165) is 30.5 Å². The van der Waals surface area contributed by atoms with Crippen molar-refractivity contribution in [3.05, 3.63) is 53.3 Å². The lowest BCUT2D eigenvalue weighted by Crippen LogP contribution is -2.41. The second-order valence-corrected chi connectivity index (χ2v) is 8.10. The number of aromatic amines is 1. The van der Waals surface area contributed by atoms with Gasteiger partial charge < -0.3 is 5.32 Å². The zero-order valence-corrected chi connectivity index (χ0v) is 15.4. The number of nitrogens with one attached hydrogen (secondary N) is 2. The molecule has 4 rings (SSSR count). The van der Waals surface area contributed by atoms with Crippen molar-refractivity contribution in [3.8, 4) is 0 Å². The van der Waals surface area contributed by atoms with E-state index in [-0.39, 0.29) is 0 Å². The number of nitrogens with zero attached hydrogens (tertiary/aromatic N) is 2. The van der Waals surface area contributed by atoms with Crippen LogP contribution in [-0.2, 0) is 13.0 Å². The van der Waals surface area contributed by atoms with E-state index in [9.17, 15) is 0 Å². The zero-order valence-electron chi connectivity index (χ0n) is 15.4. The molecule has 0 amide bonds. The van der Waals surface area contributed by atoms with E-state index in [1.54, 1.807) is 0 Å². The maximum Gasteiger partial charge on any atom is 0.0640 e. The molecule has 2 N–H and O–H groups in total. The monoisotopic (exact) mass is 338 g/mol. The smallest absolute Gasteiger partial charge is 0.0640 e. The Labute approximate surface area is 151 Å². The van der Waals surface area contributed by atoms with Crippen LogP contribution in [0.3, 0.4) is 0 Å². The van der Waals surface area contributed by atoms with Gasteiger partial charge in [-0.2, -0.15) is 5.10 Å². The number of hydrogen-bond donors (Lipinski definition) is 2. The van der Waals surface area contributed by atoms with Crippen molar-refractivity contribution in [1.82, 2.24) is 20.4 Å². The largest absolute Gasteiger partial charge is 0.311 e. The highest BCUT2D eigenvalue weighted by Crippen LogP contribution is 2.38. The first-order chi connectivity index (χ1) is 12.2. The molecule has 4 nitrogen and oxygen atoms in total. The third-order valence-electron chi connectivity index (χ3n) is 5.95. The van der Waals surface area contributed by atoms with E-state index in [1.807, 2.05) is 0 Å². The fourth-order valence-electron chi connectivity index (χ4n) is 4.85. The summed E-state index contributed by atoms with van der Waals surface area (Å²) in [5.41, 5.74) is 3.76. The zero-order chi connectivity index (χ0) is 17.2. The minimum Gasteiger partial charge on any atom is -0.311 e. The SMILES string of the molecule is Cc1cc(CC(C)NC2CCC3CN(Cc4ccccc4)CC32)n[nH]1. The number of aromatic nitrogens is 2. The van der Waals surface area contributed by atoms with E-state index >= 15 is 0 Å². The quantitative estimate of drug-likeness (QED) is 0.850. The number of likely N-dealkylation sites (tertiary alicyclic amines) is 1. The van der Waals surface area contributed by atoms with Gasteiger partial charge in [0.05, 0.1) is 5.69 Å². The standard InChI is InChI=1S/C21H30N4/c1-15(10-19-11-16(2)23-24-19)22-21-9-8-18-13-25(14-20(18)21)12-17-6-4-3-5-7-17/h3-7,11,15,18,20-22H,8-10,12-14H2,1-2H3,(H,23,24). The van der Waals surface area contributed by atoms with Crippen LogP contribution in [0.5, 0.6) is 0 Å². The molecule has 1 aliphatic heterocycles. The predicted molar refractivity (Wildman–Crippen MR) is 101 cm³/mol. The topological polar surface area (TPSA) is 44.0 Å². The Morgan fingerprint density at radius 2 is 2.08 bits per heavy atom. The first-order valence-corrected chi connectivity index (χ1v) is 9.70. The van der Waals surface area contributed by atoms with E-state index in [1.165, 1.54) is 37.2 Å². The van der Waals surface area contributed by atoms with Gasteiger partial charge in [-0.25, -0.2) is 0 Å². The molecule has 1 aromatic heterocycles. The summed E-state index contributed by atoms with van der Waals surface area (Å²) in [4.78, 5) is 2.65. The molecule has 0 bridgehead atoms. The number of H-pyrrole nitrogens is 1. The Kier molecular flexibility index (Phi) is 4.91. The van der Waals surface area contributed by atoms with Crippen LogP contribution < -0.4 is 5.32 Å². The summed E-state index contributed by atoms with van der Waals surface area (Å²) >= 11 is 0. The molecule has 0 spiro atoms. The molecule has 2 aromatic rings. The maximum atomic E-state index is 4.38. The predicted octanol–water partition coefficient (Wildman–Crippen LogP) is 3.15. The fraction of sp³-hybridized carbons (Fsp3) is 0.571. The van der Waals surface area contributed by atoms with Gasteiger partial charge in [-0.1, -0.05) is 30.3 Å². The highest BCUT2D eigenvalue weighted by molar-refractivity contribution is 5.15. The number of fused-ring (bicyclic) bond motifs is 1. The summed E-state index contributed by atoms with van der Waals surface area (Å²) in [7, 11) is 0. The Morgan fingerprint density at radius 3 is 2.84 bits per heavy atom. The number of aryl methyl sites for hydroxylation is 1. The van der Waals surface area contributed by atoms with Crippen molar-refractivity contribution in [1.29, 1.82) is 0 Å². The number of rotatable bonds is 6. The van der Waals surface area contributed by atoms with Crippen LogP contribution in [0.2, 0.25) is 0 Å². The maximum absolute atomic E-state index is 4.38. The molecule has 2 heterocycles. The Morgan fingerprint density at radius 1 is 1.24 bits per heavy atom. The summed E-state index contributed by atoms with van der Waals surface area (Å²) < 4.78 is 0. The number of hydrogen-bond acceptors (Lipinski definition) is 3. The summed E-state index contributed by atoms with van der Waals surface area (Å²) in [6, 6.07) is 14.2. The van der Waals surface area contributed by atoms with E-state index in [0.29, 0.717) is 12.1 Å². The third-order valence-corrected chi connectivity index (χ3v) is 5.95.